The van der Waals surface area contributed by atoms with E-state index in [1.165, 1.54) is 18.4 Å². The lowest BCUT2D eigenvalue weighted by atomic mass is 10.0. The van der Waals surface area contributed by atoms with E-state index < -0.39 is 0 Å². The number of halogens is 2. The van der Waals surface area contributed by atoms with Crippen molar-refractivity contribution in [2.24, 2.45) is 5.92 Å². The molecule has 0 heterocycles. The summed E-state index contributed by atoms with van der Waals surface area (Å²) in [5, 5.41) is 0.816. The summed E-state index contributed by atoms with van der Waals surface area (Å²) in [4.78, 5) is 0.633. The first-order valence-electron chi connectivity index (χ1n) is 5.46. The molecule has 0 aromatic heterocycles. The van der Waals surface area contributed by atoms with Gasteiger partial charge >= 0.3 is 0 Å². The van der Waals surface area contributed by atoms with Crippen molar-refractivity contribution in [1.29, 1.82) is 0 Å². The Balaban J connectivity index is 2.33. The van der Waals surface area contributed by atoms with Gasteiger partial charge < -0.3 is 0 Å². The van der Waals surface area contributed by atoms with Crippen LogP contribution >= 0.6 is 27.5 Å². The summed E-state index contributed by atoms with van der Waals surface area (Å²) >= 11 is 9.56. The Morgan fingerprint density at radius 1 is 1.20 bits per heavy atom. The molecular formula is C13H18BrCl. The standard InChI is InChI=1S/C13H18BrCl/c1-10(2)9-12(14)6-3-11-4-7-13(15)8-5-11/h4-5,7-8,10,12H,3,6,9H2,1-2H3. The van der Waals surface area contributed by atoms with Crippen molar-refractivity contribution in [3.8, 4) is 0 Å². The van der Waals surface area contributed by atoms with Crippen LogP contribution in [0.4, 0.5) is 0 Å². The van der Waals surface area contributed by atoms with Gasteiger partial charge in [-0.15, -0.1) is 0 Å². The van der Waals surface area contributed by atoms with E-state index >= 15 is 0 Å². The van der Waals surface area contributed by atoms with Crippen molar-refractivity contribution in [3.63, 3.8) is 0 Å². The second-order valence-corrected chi connectivity index (χ2v) is 6.12. The number of rotatable bonds is 5. The zero-order valence-corrected chi connectivity index (χ0v) is 11.7. The molecule has 0 aliphatic rings. The summed E-state index contributed by atoms with van der Waals surface area (Å²) in [6, 6.07) is 8.14. The highest BCUT2D eigenvalue weighted by Crippen LogP contribution is 2.19. The quantitative estimate of drug-likeness (QED) is 0.663. The highest BCUT2D eigenvalue weighted by atomic mass is 79.9. The minimum absolute atomic E-state index is 0.633. The summed E-state index contributed by atoms with van der Waals surface area (Å²) < 4.78 is 0. The van der Waals surface area contributed by atoms with Crippen LogP contribution in [0.15, 0.2) is 24.3 Å². The molecule has 0 amide bonds. The molecule has 0 saturated carbocycles. The molecule has 1 rings (SSSR count). The van der Waals surface area contributed by atoms with Crippen LogP contribution in [0.25, 0.3) is 0 Å². The van der Waals surface area contributed by atoms with Crippen molar-refractivity contribution >= 4 is 27.5 Å². The zero-order valence-electron chi connectivity index (χ0n) is 9.34. The monoisotopic (exact) mass is 288 g/mol. The molecule has 1 unspecified atom stereocenters. The van der Waals surface area contributed by atoms with Gasteiger partial charge in [0.1, 0.15) is 0 Å². The van der Waals surface area contributed by atoms with Gasteiger partial charge in [0, 0.05) is 9.85 Å². The van der Waals surface area contributed by atoms with Crippen LogP contribution in [0, 0.1) is 5.92 Å². The number of alkyl halides is 1. The predicted molar refractivity (Wildman–Crippen MR) is 71.9 cm³/mol. The van der Waals surface area contributed by atoms with E-state index in [-0.39, 0.29) is 0 Å². The lowest BCUT2D eigenvalue weighted by molar-refractivity contribution is 0.554. The first kappa shape index (κ1) is 13.1. The average Bonchev–Trinajstić information content (AvgIpc) is 2.16. The van der Waals surface area contributed by atoms with Crippen LogP contribution in [-0.4, -0.2) is 4.83 Å². The van der Waals surface area contributed by atoms with Gasteiger partial charge in [-0.3, -0.25) is 0 Å². The number of benzene rings is 1. The summed E-state index contributed by atoms with van der Waals surface area (Å²) in [6.45, 7) is 4.52. The lowest BCUT2D eigenvalue weighted by Crippen LogP contribution is -2.04. The maximum absolute atomic E-state index is 5.83. The molecule has 0 bridgehead atoms. The number of hydrogen-bond acceptors (Lipinski definition) is 0. The Hall–Kier alpha value is -0.0100. The van der Waals surface area contributed by atoms with E-state index in [9.17, 15) is 0 Å². The smallest absolute Gasteiger partial charge is 0.0406 e. The molecule has 1 aromatic carbocycles. The predicted octanol–water partition coefficient (Wildman–Crippen LogP) is 5.08. The topological polar surface area (TPSA) is 0 Å². The van der Waals surface area contributed by atoms with E-state index in [0.717, 1.165) is 17.4 Å². The van der Waals surface area contributed by atoms with Crippen molar-refractivity contribution in [2.45, 2.75) is 37.9 Å². The Kier molecular flexibility index (Phi) is 5.70. The summed E-state index contributed by atoms with van der Waals surface area (Å²) in [7, 11) is 0. The van der Waals surface area contributed by atoms with Gasteiger partial charge in [-0.25, -0.2) is 0 Å². The maximum atomic E-state index is 5.83. The second kappa shape index (κ2) is 6.55. The third-order valence-corrected chi connectivity index (χ3v) is 3.47. The third kappa shape index (κ3) is 5.58. The third-order valence-electron chi connectivity index (χ3n) is 2.39. The van der Waals surface area contributed by atoms with E-state index in [2.05, 4.69) is 41.9 Å². The fraction of sp³-hybridized carbons (Fsp3) is 0.538. The molecule has 0 nitrogen and oxygen atoms in total. The van der Waals surface area contributed by atoms with Gasteiger partial charge in [0.2, 0.25) is 0 Å². The highest BCUT2D eigenvalue weighted by molar-refractivity contribution is 9.09. The van der Waals surface area contributed by atoms with E-state index in [1.807, 2.05) is 12.1 Å². The largest absolute Gasteiger partial charge is 0.0890 e. The van der Waals surface area contributed by atoms with Crippen LogP contribution in [0.5, 0.6) is 0 Å². The lowest BCUT2D eigenvalue weighted by Gasteiger charge is -2.11. The maximum Gasteiger partial charge on any atom is 0.0406 e. The Morgan fingerprint density at radius 2 is 1.80 bits per heavy atom. The highest BCUT2D eigenvalue weighted by Gasteiger charge is 2.06. The van der Waals surface area contributed by atoms with Gasteiger partial charge in [0.05, 0.1) is 0 Å². The molecule has 1 atom stereocenters. The number of hydrogen-bond donors (Lipinski definition) is 0. The molecule has 2 heteroatoms. The molecule has 0 fully saturated rings. The summed E-state index contributed by atoms with van der Waals surface area (Å²) in [5.41, 5.74) is 1.37. The molecule has 0 aliphatic heterocycles. The van der Waals surface area contributed by atoms with Crippen molar-refractivity contribution < 1.29 is 0 Å². The molecule has 1 aromatic rings. The minimum Gasteiger partial charge on any atom is -0.0890 e. The molecule has 0 saturated heterocycles. The van der Waals surface area contributed by atoms with E-state index in [0.29, 0.717) is 4.83 Å². The Bertz CT molecular complexity index is 279. The zero-order chi connectivity index (χ0) is 11.3. The normalized spacial score (nSPS) is 13.1. The Labute approximate surface area is 106 Å². The van der Waals surface area contributed by atoms with Crippen LogP contribution in [0.2, 0.25) is 5.02 Å². The van der Waals surface area contributed by atoms with Gasteiger partial charge in [-0.2, -0.15) is 0 Å². The molecule has 0 radical (unpaired) electrons. The SMILES string of the molecule is CC(C)CC(Br)CCc1ccc(Cl)cc1. The van der Waals surface area contributed by atoms with Gasteiger partial charge in [-0.1, -0.05) is 53.5 Å². The molecule has 0 N–H and O–H groups in total. The molecule has 0 spiro atoms. The van der Waals surface area contributed by atoms with Crippen molar-refractivity contribution in [3.05, 3.63) is 34.9 Å². The van der Waals surface area contributed by atoms with E-state index in [4.69, 9.17) is 11.6 Å². The summed E-state index contributed by atoms with van der Waals surface area (Å²) in [5.74, 6) is 0.764. The fourth-order valence-electron chi connectivity index (χ4n) is 1.60. The fourth-order valence-corrected chi connectivity index (χ4v) is 2.71. The Morgan fingerprint density at radius 3 is 2.33 bits per heavy atom. The van der Waals surface area contributed by atoms with Crippen LogP contribution in [-0.2, 0) is 6.42 Å². The van der Waals surface area contributed by atoms with Crippen LogP contribution in [0.3, 0.4) is 0 Å². The minimum atomic E-state index is 0.633. The first-order valence-corrected chi connectivity index (χ1v) is 6.76. The molecular weight excluding hydrogens is 272 g/mol. The first-order chi connectivity index (χ1) is 7.08. The van der Waals surface area contributed by atoms with Crippen molar-refractivity contribution in [1.82, 2.24) is 0 Å². The van der Waals surface area contributed by atoms with Gasteiger partial charge in [0.15, 0.2) is 0 Å². The van der Waals surface area contributed by atoms with Crippen molar-refractivity contribution in [2.75, 3.05) is 0 Å². The second-order valence-electron chi connectivity index (χ2n) is 4.39. The van der Waals surface area contributed by atoms with Gasteiger partial charge in [-0.05, 0) is 42.9 Å². The van der Waals surface area contributed by atoms with Crippen LogP contribution < -0.4 is 0 Å². The van der Waals surface area contributed by atoms with Gasteiger partial charge in [0.25, 0.3) is 0 Å². The van der Waals surface area contributed by atoms with Crippen LogP contribution in [0.1, 0.15) is 32.3 Å². The molecule has 0 aliphatic carbocycles. The molecule has 84 valence electrons. The van der Waals surface area contributed by atoms with E-state index in [1.54, 1.807) is 0 Å². The summed E-state index contributed by atoms with van der Waals surface area (Å²) in [6.07, 6.45) is 3.56. The number of aryl methyl sites for hydroxylation is 1. The molecule has 15 heavy (non-hydrogen) atoms. The average molecular weight is 290 g/mol.